The quantitative estimate of drug-likeness (QED) is 0.835. The number of benzene rings is 1. The van der Waals surface area contributed by atoms with Crippen LogP contribution in [-0.4, -0.2) is 24.9 Å². The van der Waals surface area contributed by atoms with Crippen molar-refractivity contribution in [3.8, 4) is 0 Å². The molecule has 1 aliphatic rings. The van der Waals surface area contributed by atoms with Crippen LogP contribution in [0.4, 0.5) is 0 Å². The zero-order chi connectivity index (χ0) is 15.2. The van der Waals surface area contributed by atoms with Crippen LogP contribution < -0.4 is 5.32 Å². The van der Waals surface area contributed by atoms with E-state index in [1.807, 2.05) is 0 Å². The number of hydrogen-bond donors (Lipinski definition) is 1. The molecule has 118 valence electrons. The highest BCUT2D eigenvalue weighted by atomic mass is 79.9. The molecule has 0 amide bonds. The Morgan fingerprint density at radius 1 is 1.29 bits per heavy atom. The number of rotatable bonds is 6. The van der Waals surface area contributed by atoms with Crippen LogP contribution in [0.25, 0.3) is 0 Å². The fourth-order valence-electron chi connectivity index (χ4n) is 2.78. The van der Waals surface area contributed by atoms with Crippen LogP contribution in [0.3, 0.4) is 0 Å². The van der Waals surface area contributed by atoms with Gasteiger partial charge in [-0.1, -0.05) is 35.0 Å². The van der Waals surface area contributed by atoms with Crippen molar-refractivity contribution in [1.29, 1.82) is 0 Å². The third-order valence-corrected chi connectivity index (χ3v) is 4.56. The van der Waals surface area contributed by atoms with Crippen LogP contribution in [0.2, 0.25) is 0 Å². The van der Waals surface area contributed by atoms with Crippen molar-refractivity contribution in [3.63, 3.8) is 0 Å². The first kappa shape index (κ1) is 16.9. The van der Waals surface area contributed by atoms with E-state index in [1.165, 1.54) is 11.1 Å². The first-order valence-corrected chi connectivity index (χ1v) is 8.62. The summed E-state index contributed by atoms with van der Waals surface area (Å²) in [6.45, 7) is 8.92. The van der Waals surface area contributed by atoms with Gasteiger partial charge in [0.15, 0.2) is 0 Å². The summed E-state index contributed by atoms with van der Waals surface area (Å²) in [6.07, 6.45) is 2.87. The van der Waals surface area contributed by atoms with Gasteiger partial charge in [-0.25, -0.2) is 0 Å². The predicted molar refractivity (Wildman–Crippen MR) is 89.3 cm³/mol. The highest BCUT2D eigenvalue weighted by Crippen LogP contribution is 2.25. The molecule has 21 heavy (non-hydrogen) atoms. The Kier molecular flexibility index (Phi) is 6.68. The van der Waals surface area contributed by atoms with Crippen molar-refractivity contribution in [3.05, 3.63) is 33.8 Å². The zero-order valence-corrected chi connectivity index (χ0v) is 14.8. The Morgan fingerprint density at radius 3 is 2.62 bits per heavy atom. The Morgan fingerprint density at radius 2 is 2.00 bits per heavy atom. The molecule has 0 aromatic heterocycles. The Labute approximate surface area is 136 Å². The topological polar surface area (TPSA) is 30.5 Å². The summed E-state index contributed by atoms with van der Waals surface area (Å²) >= 11 is 3.66. The normalized spacial score (nSPS) is 26.0. The monoisotopic (exact) mass is 355 g/mol. The fraction of sp³-hybridized carbons (Fsp3) is 0.647. The van der Waals surface area contributed by atoms with Gasteiger partial charge in [-0.3, -0.25) is 0 Å². The molecule has 0 saturated carbocycles. The van der Waals surface area contributed by atoms with Gasteiger partial charge in [0, 0.05) is 11.0 Å². The first-order valence-electron chi connectivity index (χ1n) is 7.83. The summed E-state index contributed by atoms with van der Waals surface area (Å²) in [6, 6.07) is 6.50. The summed E-state index contributed by atoms with van der Waals surface area (Å²) in [5.74, 6) is 0. The fourth-order valence-corrected chi connectivity index (χ4v) is 3.32. The van der Waals surface area contributed by atoms with Crippen LogP contribution in [0, 0.1) is 0 Å². The molecule has 4 heteroatoms. The van der Waals surface area contributed by atoms with Crippen molar-refractivity contribution in [1.82, 2.24) is 5.32 Å². The van der Waals surface area contributed by atoms with E-state index in [0.29, 0.717) is 24.9 Å². The van der Waals surface area contributed by atoms with Crippen molar-refractivity contribution in [2.75, 3.05) is 6.54 Å². The molecular weight excluding hydrogens is 330 g/mol. The SMILES string of the molecule is CCNCc1ccc(COC2CC(C)OC(C)C2)c(Br)c1. The number of hydrogen-bond acceptors (Lipinski definition) is 3. The van der Waals surface area contributed by atoms with Gasteiger partial charge in [-0.15, -0.1) is 0 Å². The minimum absolute atomic E-state index is 0.296. The molecule has 0 spiro atoms. The van der Waals surface area contributed by atoms with Gasteiger partial charge in [0.25, 0.3) is 0 Å². The molecule has 1 aromatic rings. The van der Waals surface area contributed by atoms with Crippen LogP contribution >= 0.6 is 15.9 Å². The van der Waals surface area contributed by atoms with Crippen LogP contribution in [-0.2, 0) is 22.6 Å². The lowest BCUT2D eigenvalue weighted by atomic mass is 10.0. The number of ether oxygens (including phenoxy) is 2. The Bertz CT molecular complexity index is 442. The van der Waals surface area contributed by atoms with E-state index in [9.17, 15) is 0 Å². The van der Waals surface area contributed by atoms with Crippen molar-refractivity contribution in [2.45, 2.75) is 65.1 Å². The molecule has 0 radical (unpaired) electrons. The minimum Gasteiger partial charge on any atom is -0.375 e. The highest BCUT2D eigenvalue weighted by molar-refractivity contribution is 9.10. The number of nitrogens with one attached hydrogen (secondary N) is 1. The van der Waals surface area contributed by atoms with E-state index < -0.39 is 0 Å². The third kappa shape index (κ3) is 5.37. The van der Waals surface area contributed by atoms with Crippen molar-refractivity contribution >= 4 is 15.9 Å². The first-order chi connectivity index (χ1) is 10.1. The molecule has 3 nitrogen and oxygen atoms in total. The maximum Gasteiger partial charge on any atom is 0.0731 e. The zero-order valence-electron chi connectivity index (χ0n) is 13.2. The largest absolute Gasteiger partial charge is 0.375 e. The molecule has 1 N–H and O–H groups in total. The average Bonchev–Trinajstić information content (AvgIpc) is 2.43. The van der Waals surface area contributed by atoms with Gasteiger partial charge in [0.05, 0.1) is 24.9 Å². The van der Waals surface area contributed by atoms with Gasteiger partial charge < -0.3 is 14.8 Å². The van der Waals surface area contributed by atoms with Crippen LogP contribution in [0.15, 0.2) is 22.7 Å². The minimum atomic E-state index is 0.296. The maximum absolute atomic E-state index is 6.09. The summed E-state index contributed by atoms with van der Waals surface area (Å²) in [7, 11) is 0. The predicted octanol–water partition coefficient (Wildman–Crippen LogP) is 4.03. The second kappa shape index (κ2) is 8.28. The van der Waals surface area contributed by atoms with E-state index in [4.69, 9.17) is 9.47 Å². The number of halogens is 1. The smallest absolute Gasteiger partial charge is 0.0731 e. The molecule has 1 aromatic carbocycles. The van der Waals surface area contributed by atoms with Gasteiger partial charge in [0.1, 0.15) is 0 Å². The molecule has 1 heterocycles. The van der Waals surface area contributed by atoms with Gasteiger partial charge in [0.2, 0.25) is 0 Å². The van der Waals surface area contributed by atoms with Gasteiger partial charge >= 0.3 is 0 Å². The summed E-state index contributed by atoms with van der Waals surface area (Å²) in [5.41, 5.74) is 2.50. The summed E-state index contributed by atoms with van der Waals surface area (Å²) in [4.78, 5) is 0. The standard InChI is InChI=1S/C17H26BrNO2/c1-4-19-10-14-5-6-15(17(18)9-14)11-20-16-7-12(2)21-13(3)8-16/h5-6,9,12-13,16,19H,4,7-8,10-11H2,1-3H3. The molecule has 2 rings (SSSR count). The highest BCUT2D eigenvalue weighted by Gasteiger charge is 2.25. The average molecular weight is 356 g/mol. The molecular formula is C17H26BrNO2. The molecule has 2 atom stereocenters. The van der Waals surface area contributed by atoms with Gasteiger partial charge in [-0.2, -0.15) is 0 Å². The van der Waals surface area contributed by atoms with Crippen LogP contribution in [0.5, 0.6) is 0 Å². The summed E-state index contributed by atoms with van der Waals surface area (Å²) < 4.78 is 13.0. The van der Waals surface area contributed by atoms with Crippen molar-refractivity contribution in [2.24, 2.45) is 0 Å². The molecule has 0 bridgehead atoms. The lowest BCUT2D eigenvalue weighted by Gasteiger charge is -2.32. The van der Waals surface area contributed by atoms with E-state index in [2.05, 4.69) is 60.2 Å². The maximum atomic E-state index is 6.09. The van der Waals surface area contributed by atoms with Gasteiger partial charge in [-0.05, 0) is 50.4 Å². The second-order valence-corrected chi connectivity index (χ2v) is 6.72. The van der Waals surface area contributed by atoms with E-state index >= 15 is 0 Å². The molecule has 2 unspecified atom stereocenters. The second-order valence-electron chi connectivity index (χ2n) is 5.87. The lowest BCUT2D eigenvalue weighted by molar-refractivity contribution is -0.106. The van der Waals surface area contributed by atoms with Crippen molar-refractivity contribution < 1.29 is 9.47 Å². The summed E-state index contributed by atoms with van der Waals surface area (Å²) in [5, 5.41) is 3.34. The van der Waals surface area contributed by atoms with E-state index in [-0.39, 0.29) is 0 Å². The molecule has 1 aliphatic heterocycles. The molecule has 0 aliphatic carbocycles. The van der Waals surface area contributed by atoms with Crippen LogP contribution in [0.1, 0.15) is 44.7 Å². The van der Waals surface area contributed by atoms with E-state index in [1.54, 1.807) is 0 Å². The lowest BCUT2D eigenvalue weighted by Crippen LogP contribution is -2.34. The Hall–Kier alpha value is -0.420. The van der Waals surface area contributed by atoms with E-state index in [0.717, 1.165) is 30.4 Å². The Balaban J connectivity index is 1.88. The third-order valence-electron chi connectivity index (χ3n) is 3.83. The molecule has 1 saturated heterocycles. The molecule has 1 fully saturated rings.